The molecule has 1 aromatic heterocycles. The number of nitrogens with zero attached hydrogens (tertiary/aromatic N) is 4. The van der Waals surface area contributed by atoms with Gasteiger partial charge in [0, 0.05) is 36.6 Å². The van der Waals surface area contributed by atoms with Gasteiger partial charge in [-0.05, 0) is 56.7 Å². The average molecular weight is 516 g/mol. The highest BCUT2D eigenvalue weighted by molar-refractivity contribution is 6.07. The van der Waals surface area contributed by atoms with E-state index in [4.69, 9.17) is 5.11 Å². The summed E-state index contributed by atoms with van der Waals surface area (Å²) < 4.78 is 42.4. The number of carbonyl (C=O) groups is 2. The summed E-state index contributed by atoms with van der Waals surface area (Å²) in [5, 5.41) is 15.8. The van der Waals surface area contributed by atoms with Crippen molar-refractivity contribution >= 4 is 23.2 Å². The molecule has 0 saturated carbocycles. The number of nitrogens with one attached hydrogen (secondary N) is 1. The number of anilines is 2. The molecule has 0 radical (unpaired) electrons. The molecule has 1 unspecified atom stereocenters. The van der Waals surface area contributed by atoms with Gasteiger partial charge in [0.25, 0.3) is 5.91 Å². The van der Waals surface area contributed by atoms with Crippen molar-refractivity contribution in [2.24, 2.45) is 0 Å². The van der Waals surface area contributed by atoms with Crippen molar-refractivity contribution in [2.75, 3.05) is 36.5 Å². The molecule has 2 heterocycles. The molecule has 2 amide bonds. The number of benzene rings is 2. The molecule has 4 rings (SSSR count). The van der Waals surface area contributed by atoms with Crippen molar-refractivity contribution in [3.8, 4) is 5.69 Å². The van der Waals surface area contributed by atoms with Crippen molar-refractivity contribution < 1.29 is 27.9 Å². The first-order valence-corrected chi connectivity index (χ1v) is 11.8. The van der Waals surface area contributed by atoms with Crippen molar-refractivity contribution in [2.45, 2.75) is 32.5 Å². The van der Waals surface area contributed by atoms with E-state index in [1.807, 2.05) is 6.92 Å². The first kappa shape index (κ1) is 26.4. The van der Waals surface area contributed by atoms with Gasteiger partial charge in [0.05, 0.1) is 18.8 Å². The van der Waals surface area contributed by atoms with E-state index in [1.54, 1.807) is 62.5 Å². The van der Waals surface area contributed by atoms with Gasteiger partial charge < -0.3 is 20.2 Å². The van der Waals surface area contributed by atoms with Crippen LogP contribution in [0.2, 0.25) is 0 Å². The molecule has 1 aliphatic rings. The molecule has 196 valence electrons. The summed E-state index contributed by atoms with van der Waals surface area (Å²) in [7, 11) is 1.61. The van der Waals surface area contributed by atoms with Crippen LogP contribution in [0.3, 0.4) is 0 Å². The first-order chi connectivity index (χ1) is 17.5. The number of carbonyl (C=O) groups excluding carboxylic acids is 2. The predicted octanol–water partition coefficient (Wildman–Crippen LogP) is 3.34. The van der Waals surface area contributed by atoms with Crippen LogP contribution in [-0.2, 0) is 17.4 Å². The Morgan fingerprint density at radius 2 is 1.76 bits per heavy atom. The number of aliphatic hydroxyl groups is 1. The van der Waals surface area contributed by atoms with E-state index in [9.17, 15) is 22.8 Å². The van der Waals surface area contributed by atoms with Crippen LogP contribution in [0.15, 0.2) is 48.5 Å². The number of aromatic nitrogens is 2. The largest absolute Gasteiger partial charge is 0.435 e. The quantitative estimate of drug-likeness (QED) is 0.504. The fourth-order valence-electron chi connectivity index (χ4n) is 4.15. The summed E-state index contributed by atoms with van der Waals surface area (Å²) in [6.07, 6.45) is -4.69. The summed E-state index contributed by atoms with van der Waals surface area (Å²) in [6, 6.07) is 13.2. The second-order valence-electron chi connectivity index (χ2n) is 9.06. The van der Waals surface area contributed by atoms with Crippen LogP contribution < -0.4 is 15.1 Å². The van der Waals surface area contributed by atoms with Crippen molar-refractivity contribution in [3.63, 3.8) is 0 Å². The third-order valence-corrected chi connectivity index (χ3v) is 6.36. The summed E-state index contributed by atoms with van der Waals surface area (Å²) in [4.78, 5) is 28.8. The normalized spacial score (nSPS) is 14.5. The zero-order valence-electron chi connectivity index (χ0n) is 20.7. The number of amides is 2. The molecule has 8 nitrogen and oxygen atoms in total. The minimum absolute atomic E-state index is 0.00334. The van der Waals surface area contributed by atoms with Gasteiger partial charge in [0.15, 0.2) is 5.69 Å². The van der Waals surface area contributed by atoms with Crippen LogP contribution in [0, 0.1) is 6.92 Å². The third kappa shape index (κ3) is 5.37. The van der Waals surface area contributed by atoms with E-state index in [1.165, 1.54) is 9.80 Å². The Balaban J connectivity index is 1.61. The van der Waals surface area contributed by atoms with Crippen molar-refractivity contribution in [1.29, 1.82) is 0 Å². The first-order valence-electron chi connectivity index (χ1n) is 11.8. The van der Waals surface area contributed by atoms with E-state index in [0.717, 1.165) is 10.2 Å². The molecule has 0 saturated heterocycles. The highest BCUT2D eigenvalue weighted by Crippen LogP contribution is 2.37. The summed E-state index contributed by atoms with van der Waals surface area (Å²) in [6.45, 7) is 3.62. The van der Waals surface area contributed by atoms with Crippen LogP contribution in [0.25, 0.3) is 5.69 Å². The zero-order valence-corrected chi connectivity index (χ0v) is 20.7. The average Bonchev–Trinajstić information content (AvgIpc) is 3.28. The molecular formula is C26H28F3N5O3. The highest BCUT2D eigenvalue weighted by Gasteiger charge is 2.43. The summed E-state index contributed by atoms with van der Waals surface area (Å²) in [5.74, 6) is -0.794. The van der Waals surface area contributed by atoms with Crippen LogP contribution in [0.5, 0.6) is 0 Å². The Morgan fingerprint density at radius 3 is 2.35 bits per heavy atom. The van der Waals surface area contributed by atoms with Crippen molar-refractivity contribution in [1.82, 2.24) is 15.1 Å². The second kappa shape index (κ2) is 10.3. The molecule has 2 aromatic carbocycles. The Labute approximate surface area is 212 Å². The maximum atomic E-state index is 13.8. The molecule has 3 aromatic rings. The lowest BCUT2D eigenvalue weighted by atomic mass is 10.0. The number of rotatable bonds is 7. The molecule has 0 bridgehead atoms. The standard InChI is InChI=1S/C26H28F3N5O3/c1-16-4-6-20(7-5-16)34-23-21(24(31-34)26(27,28)29)12-13-33(25(23)37)19-10-8-18(9-11-19)32(3)22(36)14-30-17(2)15-35/h4-11,17,30,35H,12-15H2,1-3H3. The lowest BCUT2D eigenvalue weighted by molar-refractivity contribution is -0.142. The van der Waals surface area contributed by atoms with Gasteiger partial charge >= 0.3 is 6.18 Å². The minimum Gasteiger partial charge on any atom is -0.395 e. The fourth-order valence-corrected chi connectivity index (χ4v) is 4.15. The number of halogens is 3. The van der Waals surface area contributed by atoms with E-state index in [0.29, 0.717) is 17.1 Å². The van der Waals surface area contributed by atoms with E-state index >= 15 is 0 Å². The van der Waals surface area contributed by atoms with E-state index in [2.05, 4.69) is 10.4 Å². The maximum Gasteiger partial charge on any atom is 0.435 e. The zero-order chi connectivity index (χ0) is 26.9. The van der Waals surface area contributed by atoms with Gasteiger partial charge in [-0.25, -0.2) is 4.68 Å². The van der Waals surface area contributed by atoms with Gasteiger partial charge in [-0.3, -0.25) is 9.59 Å². The maximum absolute atomic E-state index is 13.8. The Kier molecular flexibility index (Phi) is 7.37. The van der Waals surface area contributed by atoms with Crippen LogP contribution >= 0.6 is 0 Å². The number of hydrogen-bond acceptors (Lipinski definition) is 5. The second-order valence-corrected chi connectivity index (χ2v) is 9.06. The smallest absolute Gasteiger partial charge is 0.395 e. The third-order valence-electron chi connectivity index (χ3n) is 6.36. The van der Waals surface area contributed by atoms with Crippen LogP contribution in [0.4, 0.5) is 24.5 Å². The number of aliphatic hydroxyl groups excluding tert-OH is 1. The number of likely N-dealkylation sites (N-methyl/N-ethyl adjacent to an activating group) is 1. The SMILES string of the molecule is Cc1ccc(-n2nc(C(F)(F)F)c3c2C(=O)N(c2ccc(N(C)C(=O)CNC(C)CO)cc2)CC3)cc1. The highest BCUT2D eigenvalue weighted by atomic mass is 19.4. The molecule has 2 N–H and O–H groups in total. The monoisotopic (exact) mass is 515 g/mol. The fraction of sp³-hybridized carbons (Fsp3) is 0.346. The molecule has 0 spiro atoms. The van der Waals surface area contributed by atoms with Gasteiger partial charge in [-0.1, -0.05) is 17.7 Å². The van der Waals surface area contributed by atoms with E-state index in [-0.39, 0.29) is 49.3 Å². The number of aryl methyl sites for hydroxylation is 1. The lowest BCUT2D eigenvalue weighted by Crippen LogP contribution is -2.40. The van der Waals surface area contributed by atoms with Crippen LogP contribution in [-0.4, -0.2) is 59.5 Å². The van der Waals surface area contributed by atoms with Gasteiger partial charge in [-0.15, -0.1) is 0 Å². The Morgan fingerprint density at radius 1 is 1.14 bits per heavy atom. The van der Waals surface area contributed by atoms with Gasteiger partial charge in [-0.2, -0.15) is 18.3 Å². The Hall–Kier alpha value is -3.70. The number of hydrogen-bond donors (Lipinski definition) is 2. The van der Waals surface area contributed by atoms with Crippen molar-refractivity contribution in [3.05, 3.63) is 71.0 Å². The summed E-state index contributed by atoms with van der Waals surface area (Å²) >= 11 is 0. The molecular weight excluding hydrogens is 487 g/mol. The molecule has 0 aliphatic carbocycles. The number of fused-ring (bicyclic) bond motifs is 1. The lowest BCUT2D eigenvalue weighted by Gasteiger charge is -2.28. The topological polar surface area (TPSA) is 90.7 Å². The molecule has 1 aliphatic heterocycles. The minimum atomic E-state index is -4.69. The molecule has 11 heteroatoms. The van der Waals surface area contributed by atoms with Gasteiger partial charge in [0.1, 0.15) is 5.69 Å². The number of alkyl halides is 3. The molecule has 1 atom stereocenters. The molecule has 37 heavy (non-hydrogen) atoms. The predicted molar refractivity (Wildman–Crippen MR) is 133 cm³/mol. The van der Waals surface area contributed by atoms with Crippen LogP contribution in [0.1, 0.15) is 34.2 Å². The van der Waals surface area contributed by atoms with Gasteiger partial charge in [0.2, 0.25) is 5.91 Å². The summed E-state index contributed by atoms with van der Waals surface area (Å²) in [5.41, 5.74) is 1.11. The Bertz CT molecular complexity index is 1290. The molecule has 0 fully saturated rings. The van der Waals surface area contributed by atoms with E-state index < -0.39 is 17.8 Å².